The Balaban J connectivity index is 2.03. The summed E-state index contributed by atoms with van der Waals surface area (Å²) in [6, 6.07) is 6.90. The Kier molecular flexibility index (Phi) is 5.22. The van der Waals surface area contributed by atoms with Gasteiger partial charge in [0.15, 0.2) is 0 Å². The zero-order chi connectivity index (χ0) is 15.3. The first-order chi connectivity index (χ1) is 10.1. The Morgan fingerprint density at radius 2 is 2.10 bits per heavy atom. The molecule has 2 rings (SSSR count). The molecule has 1 fully saturated rings. The van der Waals surface area contributed by atoms with Gasteiger partial charge in [-0.2, -0.15) is 5.26 Å². The van der Waals surface area contributed by atoms with E-state index in [0.717, 1.165) is 25.7 Å². The van der Waals surface area contributed by atoms with Crippen LogP contribution in [-0.4, -0.2) is 18.5 Å². The van der Waals surface area contributed by atoms with Crippen molar-refractivity contribution in [3.8, 4) is 6.07 Å². The third-order valence-electron chi connectivity index (χ3n) is 4.21. The summed E-state index contributed by atoms with van der Waals surface area (Å²) >= 11 is 6.08. The molecule has 0 radical (unpaired) electrons. The molecule has 4 nitrogen and oxygen atoms in total. The Morgan fingerprint density at radius 1 is 1.38 bits per heavy atom. The first-order valence-corrected chi connectivity index (χ1v) is 7.65. The molecule has 0 saturated heterocycles. The summed E-state index contributed by atoms with van der Waals surface area (Å²) in [6.07, 6.45) is 6.06. The smallest absolute Gasteiger partial charge is 0.226 e. The summed E-state index contributed by atoms with van der Waals surface area (Å²) < 4.78 is 0. The SMILES string of the molecule is CNC1(CC(=O)Nc2ccc(C#N)cc2Cl)CCCCC1. The summed E-state index contributed by atoms with van der Waals surface area (Å²) in [4.78, 5) is 12.3. The van der Waals surface area contributed by atoms with Crippen molar-refractivity contribution in [2.45, 2.75) is 44.1 Å². The molecule has 0 heterocycles. The number of carbonyl (C=O) groups excluding carboxylic acids is 1. The highest BCUT2D eigenvalue weighted by molar-refractivity contribution is 6.33. The van der Waals surface area contributed by atoms with Gasteiger partial charge in [0.2, 0.25) is 5.91 Å². The Bertz CT molecular complexity index is 559. The monoisotopic (exact) mass is 305 g/mol. The minimum absolute atomic E-state index is 0.0437. The number of hydrogen-bond donors (Lipinski definition) is 2. The second-order valence-electron chi connectivity index (χ2n) is 5.62. The molecule has 0 unspecified atom stereocenters. The van der Waals surface area contributed by atoms with E-state index in [0.29, 0.717) is 22.7 Å². The lowest BCUT2D eigenvalue weighted by Crippen LogP contribution is -2.47. The maximum Gasteiger partial charge on any atom is 0.226 e. The predicted octanol–water partition coefficient (Wildman–Crippen LogP) is 3.46. The van der Waals surface area contributed by atoms with Crippen LogP contribution < -0.4 is 10.6 Å². The van der Waals surface area contributed by atoms with Crippen LogP contribution >= 0.6 is 11.6 Å². The average molecular weight is 306 g/mol. The third-order valence-corrected chi connectivity index (χ3v) is 4.52. The zero-order valence-corrected chi connectivity index (χ0v) is 13.0. The lowest BCUT2D eigenvalue weighted by molar-refractivity contribution is -0.117. The van der Waals surface area contributed by atoms with E-state index >= 15 is 0 Å². The van der Waals surface area contributed by atoms with E-state index in [-0.39, 0.29) is 11.4 Å². The minimum atomic E-state index is -0.0958. The molecule has 1 aliphatic rings. The highest BCUT2D eigenvalue weighted by Crippen LogP contribution is 2.31. The van der Waals surface area contributed by atoms with E-state index in [1.165, 1.54) is 6.42 Å². The molecular formula is C16H20ClN3O. The van der Waals surface area contributed by atoms with Crippen LogP contribution in [0.4, 0.5) is 5.69 Å². The second kappa shape index (κ2) is 6.93. The van der Waals surface area contributed by atoms with Gasteiger partial charge in [-0.15, -0.1) is 0 Å². The van der Waals surface area contributed by atoms with Crippen LogP contribution in [0, 0.1) is 11.3 Å². The molecule has 1 aliphatic carbocycles. The Hall–Kier alpha value is -1.57. The van der Waals surface area contributed by atoms with Gasteiger partial charge in [-0.25, -0.2) is 0 Å². The number of nitrogens with zero attached hydrogens (tertiary/aromatic N) is 1. The van der Waals surface area contributed by atoms with Crippen LogP contribution in [0.5, 0.6) is 0 Å². The van der Waals surface area contributed by atoms with Gasteiger partial charge in [-0.05, 0) is 38.1 Å². The van der Waals surface area contributed by atoms with Crippen LogP contribution in [0.15, 0.2) is 18.2 Å². The Morgan fingerprint density at radius 3 is 2.67 bits per heavy atom. The molecule has 21 heavy (non-hydrogen) atoms. The first-order valence-electron chi connectivity index (χ1n) is 7.27. The number of amides is 1. The molecule has 0 spiro atoms. The van der Waals surface area contributed by atoms with Crippen molar-refractivity contribution in [3.05, 3.63) is 28.8 Å². The summed E-state index contributed by atoms with van der Waals surface area (Å²) in [7, 11) is 1.92. The summed E-state index contributed by atoms with van der Waals surface area (Å²) in [6.45, 7) is 0. The van der Waals surface area contributed by atoms with Crippen LogP contribution in [-0.2, 0) is 4.79 Å². The van der Waals surface area contributed by atoms with E-state index in [1.54, 1.807) is 18.2 Å². The number of hydrogen-bond acceptors (Lipinski definition) is 3. The van der Waals surface area contributed by atoms with Crippen LogP contribution in [0.3, 0.4) is 0 Å². The summed E-state index contributed by atoms with van der Waals surface area (Å²) in [5.74, 6) is -0.0437. The molecule has 0 atom stereocenters. The predicted molar refractivity (Wildman–Crippen MR) is 84.3 cm³/mol. The highest BCUT2D eigenvalue weighted by atomic mass is 35.5. The van der Waals surface area contributed by atoms with Crippen molar-refractivity contribution in [3.63, 3.8) is 0 Å². The van der Waals surface area contributed by atoms with Crippen LogP contribution in [0.1, 0.15) is 44.1 Å². The molecule has 1 aromatic rings. The van der Waals surface area contributed by atoms with E-state index in [4.69, 9.17) is 16.9 Å². The van der Waals surface area contributed by atoms with Crippen molar-refractivity contribution < 1.29 is 4.79 Å². The quantitative estimate of drug-likeness (QED) is 0.895. The molecule has 1 aromatic carbocycles. The Labute approximate surface area is 130 Å². The number of rotatable bonds is 4. The maximum atomic E-state index is 12.3. The van der Waals surface area contributed by atoms with E-state index < -0.39 is 0 Å². The largest absolute Gasteiger partial charge is 0.325 e. The number of carbonyl (C=O) groups is 1. The van der Waals surface area contributed by atoms with Gasteiger partial charge in [-0.3, -0.25) is 4.79 Å². The molecule has 5 heteroatoms. The van der Waals surface area contributed by atoms with Gasteiger partial charge in [-0.1, -0.05) is 30.9 Å². The number of nitriles is 1. The van der Waals surface area contributed by atoms with Gasteiger partial charge in [0.25, 0.3) is 0 Å². The molecule has 2 N–H and O–H groups in total. The second-order valence-corrected chi connectivity index (χ2v) is 6.03. The number of halogens is 1. The van der Waals surface area contributed by atoms with Gasteiger partial charge in [0.05, 0.1) is 22.3 Å². The minimum Gasteiger partial charge on any atom is -0.325 e. The first kappa shape index (κ1) is 15.8. The van der Waals surface area contributed by atoms with Crippen molar-refractivity contribution >= 4 is 23.2 Å². The maximum absolute atomic E-state index is 12.3. The third kappa shape index (κ3) is 3.96. The van der Waals surface area contributed by atoms with Crippen LogP contribution in [0.2, 0.25) is 5.02 Å². The van der Waals surface area contributed by atoms with Crippen LogP contribution in [0.25, 0.3) is 0 Å². The fourth-order valence-corrected chi connectivity index (χ4v) is 3.16. The topological polar surface area (TPSA) is 64.9 Å². The van der Waals surface area contributed by atoms with Gasteiger partial charge in [0, 0.05) is 12.0 Å². The lowest BCUT2D eigenvalue weighted by Gasteiger charge is -2.36. The summed E-state index contributed by atoms with van der Waals surface area (Å²) in [5, 5.41) is 15.4. The molecule has 112 valence electrons. The standard InChI is InChI=1S/C16H20ClN3O/c1-19-16(7-3-2-4-8-16)10-15(21)20-14-6-5-12(11-18)9-13(14)17/h5-6,9,19H,2-4,7-8,10H2,1H3,(H,20,21). The zero-order valence-electron chi connectivity index (χ0n) is 12.2. The van der Waals surface area contributed by atoms with Crippen molar-refractivity contribution in [1.82, 2.24) is 5.32 Å². The van der Waals surface area contributed by atoms with E-state index in [2.05, 4.69) is 10.6 Å². The van der Waals surface area contributed by atoms with Gasteiger partial charge >= 0.3 is 0 Å². The van der Waals surface area contributed by atoms with Crippen molar-refractivity contribution in [2.24, 2.45) is 0 Å². The van der Waals surface area contributed by atoms with Crippen molar-refractivity contribution in [1.29, 1.82) is 5.26 Å². The number of benzene rings is 1. The fraction of sp³-hybridized carbons (Fsp3) is 0.500. The fourth-order valence-electron chi connectivity index (χ4n) is 2.93. The average Bonchev–Trinajstić information content (AvgIpc) is 2.50. The molecule has 0 aliphatic heterocycles. The molecule has 1 amide bonds. The van der Waals surface area contributed by atoms with E-state index in [1.807, 2.05) is 13.1 Å². The van der Waals surface area contributed by atoms with Gasteiger partial charge in [0.1, 0.15) is 0 Å². The normalized spacial score (nSPS) is 17.0. The molecule has 0 aromatic heterocycles. The van der Waals surface area contributed by atoms with E-state index in [9.17, 15) is 4.79 Å². The molecular weight excluding hydrogens is 286 g/mol. The molecule has 0 bridgehead atoms. The van der Waals surface area contributed by atoms with Gasteiger partial charge < -0.3 is 10.6 Å². The highest BCUT2D eigenvalue weighted by Gasteiger charge is 2.32. The number of nitrogens with one attached hydrogen (secondary N) is 2. The molecule has 1 saturated carbocycles. The summed E-state index contributed by atoms with van der Waals surface area (Å²) in [5.41, 5.74) is 0.946. The van der Waals surface area contributed by atoms with Crippen molar-refractivity contribution in [2.75, 3.05) is 12.4 Å². The lowest BCUT2D eigenvalue weighted by atomic mass is 9.79. The number of anilines is 1.